The van der Waals surface area contributed by atoms with Crippen LogP contribution in [0.5, 0.6) is 0 Å². The minimum atomic E-state index is -0.0678. The Labute approximate surface area is 139 Å². The van der Waals surface area contributed by atoms with Crippen LogP contribution in [0, 0.1) is 0 Å². The van der Waals surface area contributed by atoms with E-state index in [-0.39, 0.29) is 5.91 Å². The molecule has 0 unspecified atom stereocenters. The predicted molar refractivity (Wildman–Crippen MR) is 87.3 cm³/mol. The summed E-state index contributed by atoms with van der Waals surface area (Å²) in [5.74, 6) is 0.405. The van der Waals surface area contributed by atoms with Crippen LogP contribution < -0.4 is 0 Å². The van der Waals surface area contributed by atoms with Gasteiger partial charge >= 0.3 is 0 Å². The molecule has 2 aromatic heterocycles. The number of hydrogen-bond acceptors (Lipinski definition) is 5. The second-order valence-electron chi connectivity index (χ2n) is 5.72. The summed E-state index contributed by atoms with van der Waals surface area (Å²) in [5, 5.41) is 8.46. The Kier molecular flexibility index (Phi) is 3.78. The second kappa shape index (κ2) is 6.23. The van der Waals surface area contributed by atoms with Crippen LogP contribution in [0.3, 0.4) is 0 Å². The third-order valence-corrected chi connectivity index (χ3v) is 4.04. The maximum atomic E-state index is 12.1. The van der Waals surface area contributed by atoms with E-state index in [4.69, 9.17) is 4.42 Å². The number of likely N-dealkylation sites (tertiary alicyclic amines) is 1. The molecule has 0 bridgehead atoms. The van der Waals surface area contributed by atoms with E-state index in [2.05, 4.69) is 15.2 Å². The summed E-state index contributed by atoms with van der Waals surface area (Å²) < 4.78 is 5.40. The maximum absolute atomic E-state index is 12.1. The van der Waals surface area contributed by atoms with Crippen LogP contribution in [0.25, 0.3) is 11.3 Å². The van der Waals surface area contributed by atoms with Crippen molar-refractivity contribution in [1.82, 2.24) is 20.1 Å². The van der Waals surface area contributed by atoms with Crippen LogP contribution in [-0.4, -0.2) is 39.1 Å². The highest BCUT2D eigenvalue weighted by Gasteiger charge is 2.24. The van der Waals surface area contributed by atoms with Gasteiger partial charge in [0, 0.05) is 18.7 Å². The molecule has 120 valence electrons. The lowest BCUT2D eigenvalue weighted by Gasteiger charge is -2.29. The molecular weight excluding hydrogens is 304 g/mol. The van der Waals surface area contributed by atoms with E-state index in [0.717, 1.165) is 36.5 Å². The van der Waals surface area contributed by atoms with Gasteiger partial charge in [-0.05, 0) is 18.6 Å². The van der Waals surface area contributed by atoms with Crippen molar-refractivity contribution < 1.29 is 9.21 Å². The molecule has 0 saturated carbocycles. The van der Waals surface area contributed by atoms with Crippen LogP contribution in [0.2, 0.25) is 0 Å². The van der Waals surface area contributed by atoms with Gasteiger partial charge in [0.2, 0.25) is 5.89 Å². The van der Waals surface area contributed by atoms with Gasteiger partial charge < -0.3 is 9.32 Å². The summed E-state index contributed by atoms with van der Waals surface area (Å²) in [5.41, 5.74) is 2.95. The first-order valence-corrected chi connectivity index (χ1v) is 7.91. The topological polar surface area (TPSA) is 72.1 Å². The Morgan fingerprint density at radius 2 is 1.92 bits per heavy atom. The van der Waals surface area contributed by atoms with Crippen molar-refractivity contribution in [2.24, 2.45) is 0 Å². The quantitative estimate of drug-likeness (QED) is 0.739. The summed E-state index contributed by atoms with van der Waals surface area (Å²) in [6, 6.07) is 13.7. The lowest BCUT2D eigenvalue weighted by atomic mass is 10.1. The number of hydrogen-bond donors (Lipinski definition) is 0. The largest absolute Gasteiger partial charge is 0.448 e. The number of aromatic nitrogens is 3. The normalized spacial score (nSPS) is 13.6. The van der Waals surface area contributed by atoms with Crippen molar-refractivity contribution in [1.29, 1.82) is 0 Å². The fourth-order valence-electron chi connectivity index (χ4n) is 2.54. The van der Waals surface area contributed by atoms with Crippen LogP contribution in [0.15, 0.2) is 53.1 Å². The first-order chi connectivity index (χ1) is 11.8. The van der Waals surface area contributed by atoms with E-state index < -0.39 is 0 Å². The highest BCUT2D eigenvalue weighted by Crippen LogP contribution is 2.17. The number of oxazole rings is 1. The Morgan fingerprint density at radius 1 is 1.08 bits per heavy atom. The van der Waals surface area contributed by atoms with Gasteiger partial charge in [-0.1, -0.05) is 30.3 Å². The maximum Gasteiger partial charge on any atom is 0.275 e. The van der Waals surface area contributed by atoms with Crippen molar-refractivity contribution in [3.05, 3.63) is 66.0 Å². The molecular formula is C18H16N4O2. The van der Waals surface area contributed by atoms with Crippen molar-refractivity contribution in [3.63, 3.8) is 0 Å². The van der Waals surface area contributed by atoms with Gasteiger partial charge in [0.1, 0.15) is 6.26 Å². The van der Waals surface area contributed by atoms with Gasteiger partial charge in [0.05, 0.1) is 17.8 Å². The minimum Gasteiger partial charge on any atom is -0.448 e. The molecule has 1 fully saturated rings. The molecule has 3 aromatic rings. The number of benzene rings is 1. The molecule has 4 rings (SSSR count). The van der Waals surface area contributed by atoms with Crippen LogP contribution in [0.4, 0.5) is 0 Å². The summed E-state index contributed by atoms with van der Waals surface area (Å²) >= 11 is 0. The van der Waals surface area contributed by atoms with E-state index in [1.165, 1.54) is 6.26 Å². The smallest absolute Gasteiger partial charge is 0.275 e. The molecule has 1 amide bonds. The van der Waals surface area contributed by atoms with Crippen molar-refractivity contribution in [2.75, 3.05) is 13.1 Å². The zero-order chi connectivity index (χ0) is 16.4. The molecule has 1 aromatic carbocycles. The lowest BCUT2D eigenvalue weighted by molar-refractivity contribution is 0.0645. The number of nitrogens with zero attached hydrogens (tertiary/aromatic N) is 4. The van der Waals surface area contributed by atoms with E-state index in [9.17, 15) is 4.79 Å². The molecule has 1 aliphatic heterocycles. The van der Waals surface area contributed by atoms with Crippen molar-refractivity contribution in [2.45, 2.75) is 12.8 Å². The molecule has 1 saturated heterocycles. The zero-order valence-corrected chi connectivity index (χ0v) is 13.1. The zero-order valence-electron chi connectivity index (χ0n) is 13.1. The summed E-state index contributed by atoms with van der Waals surface area (Å²) in [6.45, 7) is 1.60. The monoisotopic (exact) mass is 320 g/mol. The molecule has 0 spiro atoms. The highest BCUT2D eigenvalue weighted by atomic mass is 16.3. The minimum absolute atomic E-state index is 0.0678. The first-order valence-electron chi connectivity index (χ1n) is 7.91. The molecule has 0 atom stereocenters. The number of rotatable bonds is 4. The van der Waals surface area contributed by atoms with Crippen LogP contribution in [0.1, 0.15) is 28.5 Å². The SMILES string of the molecule is O=C(c1coc(Cc2ccc(-c3ccccc3)nn2)n1)N1CCC1. The number of amides is 1. The second-order valence-corrected chi connectivity index (χ2v) is 5.72. The third kappa shape index (κ3) is 2.90. The summed E-state index contributed by atoms with van der Waals surface area (Å²) in [4.78, 5) is 18.1. The van der Waals surface area contributed by atoms with Crippen LogP contribution >= 0.6 is 0 Å². The van der Waals surface area contributed by atoms with E-state index in [0.29, 0.717) is 18.0 Å². The summed E-state index contributed by atoms with van der Waals surface area (Å²) in [7, 11) is 0. The first kappa shape index (κ1) is 14.6. The fraction of sp³-hybridized carbons (Fsp3) is 0.222. The van der Waals surface area contributed by atoms with Crippen LogP contribution in [-0.2, 0) is 6.42 Å². The molecule has 24 heavy (non-hydrogen) atoms. The van der Waals surface area contributed by atoms with Crippen molar-refractivity contribution in [3.8, 4) is 11.3 Å². The lowest BCUT2D eigenvalue weighted by Crippen LogP contribution is -2.42. The highest BCUT2D eigenvalue weighted by molar-refractivity contribution is 5.92. The van der Waals surface area contributed by atoms with E-state index in [1.54, 1.807) is 4.90 Å². The molecule has 1 aliphatic rings. The Balaban J connectivity index is 1.46. The Hall–Kier alpha value is -3.02. The average Bonchev–Trinajstić information content (AvgIpc) is 3.03. The molecule has 0 N–H and O–H groups in total. The van der Waals surface area contributed by atoms with E-state index >= 15 is 0 Å². The number of carbonyl (C=O) groups excluding carboxylic acids is 1. The third-order valence-electron chi connectivity index (χ3n) is 4.04. The van der Waals surface area contributed by atoms with Gasteiger partial charge in [-0.15, -0.1) is 0 Å². The van der Waals surface area contributed by atoms with Crippen molar-refractivity contribution >= 4 is 5.91 Å². The van der Waals surface area contributed by atoms with E-state index in [1.807, 2.05) is 42.5 Å². The standard InChI is InChI=1S/C18H16N4O2/c23-18(22-9-4-10-22)16-12-24-17(19-16)11-14-7-8-15(21-20-14)13-5-2-1-3-6-13/h1-3,5-8,12H,4,9-11H2. The molecule has 3 heterocycles. The molecule has 0 radical (unpaired) electrons. The van der Waals surface area contributed by atoms with Gasteiger partial charge in [-0.3, -0.25) is 4.79 Å². The summed E-state index contributed by atoms with van der Waals surface area (Å²) in [6.07, 6.45) is 2.89. The van der Waals surface area contributed by atoms with Gasteiger partial charge in [-0.2, -0.15) is 10.2 Å². The van der Waals surface area contributed by atoms with Gasteiger partial charge in [0.25, 0.3) is 5.91 Å². The van der Waals surface area contributed by atoms with Gasteiger partial charge in [-0.25, -0.2) is 4.98 Å². The number of carbonyl (C=O) groups is 1. The fourth-order valence-corrected chi connectivity index (χ4v) is 2.54. The molecule has 6 nitrogen and oxygen atoms in total. The predicted octanol–water partition coefficient (Wildman–Crippen LogP) is 2.57. The Morgan fingerprint density at radius 3 is 2.58 bits per heavy atom. The van der Waals surface area contributed by atoms with Gasteiger partial charge in [0.15, 0.2) is 5.69 Å². The Bertz CT molecular complexity index is 839. The molecule has 0 aliphatic carbocycles. The molecule has 6 heteroatoms. The average molecular weight is 320 g/mol.